The van der Waals surface area contributed by atoms with E-state index in [1.807, 2.05) is 0 Å². The molecule has 0 bridgehead atoms. The van der Waals surface area contributed by atoms with Gasteiger partial charge in [0.1, 0.15) is 0 Å². The van der Waals surface area contributed by atoms with E-state index < -0.39 is 11.7 Å². The fraction of sp³-hybridized carbons (Fsp3) is 0.500. The Morgan fingerprint density at radius 1 is 1.25 bits per heavy atom. The summed E-state index contributed by atoms with van der Waals surface area (Å²) in [4.78, 5) is 0. The lowest BCUT2D eigenvalue weighted by atomic mass is 9.89. The van der Waals surface area contributed by atoms with Gasteiger partial charge in [0.05, 0.1) is 5.56 Å². The first kappa shape index (κ1) is 11.5. The maximum absolute atomic E-state index is 12.5. The molecule has 16 heavy (non-hydrogen) atoms. The third-order valence-corrected chi connectivity index (χ3v) is 2.94. The molecule has 1 aliphatic heterocycles. The van der Waals surface area contributed by atoms with Gasteiger partial charge in [0.25, 0.3) is 0 Å². The fourth-order valence-corrected chi connectivity index (χ4v) is 2.06. The predicted octanol–water partition coefficient (Wildman–Crippen LogP) is 2.97. The Balaban J connectivity index is 2.21. The van der Waals surface area contributed by atoms with Gasteiger partial charge in [-0.25, -0.2) is 0 Å². The van der Waals surface area contributed by atoms with E-state index in [0.29, 0.717) is 0 Å². The highest BCUT2D eigenvalue weighted by Crippen LogP contribution is 2.32. The average molecular weight is 228 g/mol. The molecule has 0 aliphatic carbocycles. The van der Waals surface area contributed by atoms with Crippen molar-refractivity contribution in [3.8, 4) is 0 Å². The summed E-state index contributed by atoms with van der Waals surface area (Å²) < 4.78 is 37.5. The first-order chi connectivity index (χ1) is 7.57. The maximum atomic E-state index is 12.5. The summed E-state index contributed by atoms with van der Waals surface area (Å²) in [5, 5.41) is 3.20. The van der Waals surface area contributed by atoms with Crippen molar-refractivity contribution in [1.29, 1.82) is 0 Å². The molecule has 1 nitrogen and oxygen atoms in total. The van der Waals surface area contributed by atoms with Gasteiger partial charge in [-0.05, 0) is 49.5 Å². The molecule has 1 N–H and O–H groups in total. The maximum Gasteiger partial charge on any atom is 0.417 e. The highest BCUT2D eigenvalue weighted by molar-refractivity contribution is 5.27. The summed E-state index contributed by atoms with van der Waals surface area (Å²) in [6, 6.07) is 6.60. The van der Waals surface area contributed by atoms with Crippen molar-refractivity contribution in [1.82, 2.24) is 5.32 Å². The summed E-state index contributed by atoms with van der Waals surface area (Å²) in [6.07, 6.45) is -2.48. The molecule has 1 aromatic carbocycles. The van der Waals surface area contributed by atoms with E-state index in [1.165, 1.54) is 12.1 Å². The third kappa shape index (κ3) is 2.55. The number of hydrogen-bond acceptors (Lipinski definition) is 1. The second kappa shape index (κ2) is 4.45. The largest absolute Gasteiger partial charge is 0.417 e. The van der Waals surface area contributed by atoms with Crippen molar-refractivity contribution in [3.63, 3.8) is 0 Å². The molecule has 1 aliphatic rings. The summed E-state index contributed by atoms with van der Waals surface area (Å²) in [6.45, 7) is 1.76. The van der Waals surface area contributed by atoms with Gasteiger partial charge in [-0.15, -0.1) is 0 Å². The molecular formula is C12H13F3N. The summed E-state index contributed by atoms with van der Waals surface area (Å²) >= 11 is 0. The van der Waals surface area contributed by atoms with Gasteiger partial charge in [0, 0.05) is 0 Å². The van der Waals surface area contributed by atoms with Crippen LogP contribution in [0.1, 0.15) is 29.9 Å². The van der Waals surface area contributed by atoms with Crippen LogP contribution in [0.2, 0.25) is 0 Å². The number of hydrogen-bond donors (Lipinski definition) is 1. The molecule has 0 spiro atoms. The second-order valence-electron chi connectivity index (χ2n) is 4.06. The van der Waals surface area contributed by atoms with Crippen LogP contribution in [-0.2, 0) is 6.18 Å². The lowest BCUT2D eigenvalue weighted by Crippen LogP contribution is -2.26. The lowest BCUT2D eigenvalue weighted by Gasteiger charge is -2.23. The SMILES string of the molecule is FC(F)(F)c1[c]ccc(C2CCNCC2)c1. The van der Waals surface area contributed by atoms with Gasteiger partial charge in [-0.1, -0.05) is 12.1 Å². The number of rotatable bonds is 1. The van der Waals surface area contributed by atoms with Crippen molar-refractivity contribution in [2.24, 2.45) is 0 Å². The Kier molecular flexibility index (Phi) is 3.19. The zero-order valence-electron chi connectivity index (χ0n) is 8.77. The van der Waals surface area contributed by atoms with Crippen molar-refractivity contribution in [3.05, 3.63) is 35.4 Å². The van der Waals surface area contributed by atoms with Gasteiger partial charge >= 0.3 is 6.18 Å². The molecule has 1 aromatic rings. The number of piperidine rings is 1. The van der Waals surface area contributed by atoms with Gasteiger partial charge in [-0.2, -0.15) is 13.2 Å². The van der Waals surface area contributed by atoms with Gasteiger partial charge < -0.3 is 5.32 Å². The van der Waals surface area contributed by atoms with E-state index in [-0.39, 0.29) is 5.92 Å². The zero-order valence-corrected chi connectivity index (χ0v) is 8.77. The topological polar surface area (TPSA) is 12.0 Å². The molecule has 0 aromatic heterocycles. The Hall–Kier alpha value is -1.03. The predicted molar refractivity (Wildman–Crippen MR) is 55.1 cm³/mol. The number of halogens is 3. The van der Waals surface area contributed by atoms with Gasteiger partial charge in [0.2, 0.25) is 0 Å². The Bertz CT molecular complexity index is 354. The lowest BCUT2D eigenvalue weighted by molar-refractivity contribution is -0.137. The smallest absolute Gasteiger partial charge is 0.317 e. The van der Waals surface area contributed by atoms with Crippen LogP contribution >= 0.6 is 0 Å². The van der Waals surface area contributed by atoms with Crippen LogP contribution in [-0.4, -0.2) is 13.1 Å². The van der Waals surface area contributed by atoms with E-state index >= 15 is 0 Å². The molecule has 1 heterocycles. The van der Waals surface area contributed by atoms with Crippen LogP contribution in [0.3, 0.4) is 0 Å². The van der Waals surface area contributed by atoms with Crippen LogP contribution in [0.15, 0.2) is 18.2 Å². The van der Waals surface area contributed by atoms with Crippen molar-refractivity contribution < 1.29 is 13.2 Å². The minimum absolute atomic E-state index is 0.247. The first-order valence-corrected chi connectivity index (χ1v) is 5.37. The molecule has 1 radical (unpaired) electrons. The minimum atomic E-state index is -4.29. The van der Waals surface area contributed by atoms with Crippen molar-refractivity contribution >= 4 is 0 Å². The number of alkyl halides is 3. The highest BCUT2D eigenvalue weighted by Gasteiger charge is 2.31. The molecule has 0 atom stereocenters. The summed E-state index contributed by atoms with van der Waals surface area (Å²) in [5.41, 5.74) is 0.121. The van der Waals surface area contributed by atoms with E-state index in [0.717, 1.165) is 31.5 Å². The standard InChI is InChI=1S/C12H13F3N/c13-12(14,15)11-3-1-2-10(8-11)9-4-6-16-7-5-9/h1-2,8-9,16H,4-7H2. The van der Waals surface area contributed by atoms with Gasteiger partial charge in [0.15, 0.2) is 0 Å². The molecule has 1 saturated heterocycles. The molecule has 4 heteroatoms. The minimum Gasteiger partial charge on any atom is -0.317 e. The zero-order chi connectivity index (χ0) is 11.6. The van der Waals surface area contributed by atoms with Crippen LogP contribution in [0.4, 0.5) is 13.2 Å². The summed E-state index contributed by atoms with van der Waals surface area (Å²) in [7, 11) is 0. The molecule has 0 unspecified atom stereocenters. The molecule has 1 fully saturated rings. The number of nitrogens with one attached hydrogen (secondary N) is 1. The van der Waals surface area contributed by atoms with Crippen molar-refractivity contribution in [2.45, 2.75) is 24.9 Å². The Morgan fingerprint density at radius 2 is 1.94 bits per heavy atom. The van der Waals surface area contributed by atoms with Crippen LogP contribution in [0.5, 0.6) is 0 Å². The fourth-order valence-electron chi connectivity index (χ4n) is 2.06. The van der Waals surface area contributed by atoms with E-state index in [1.54, 1.807) is 6.07 Å². The monoisotopic (exact) mass is 228 g/mol. The average Bonchev–Trinajstić information content (AvgIpc) is 2.29. The van der Waals surface area contributed by atoms with E-state index in [4.69, 9.17) is 0 Å². The molecule has 0 saturated carbocycles. The quantitative estimate of drug-likeness (QED) is 0.779. The van der Waals surface area contributed by atoms with E-state index in [9.17, 15) is 13.2 Å². The second-order valence-corrected chi connectivity index (χ2v) is 4.06. The number of benzene rings is 1. The first-order valence-electron chi connectivity index (χ1n) is 5.37. The highest BCUT2D eigenvalue weighted by atomic mass is 19.4. The third-order valence-electron chi connectivity index (χ3n) is 2.94. The molecule has 2 rings (SSSR count). The normalized spacial score (nSPS) is 18.7. The van der Waals surface area contributed by atoms with Crippen molar-refractivity contribution in [2.75, 3.05) is 13.1 Å². The van der Waals surface area contributed by atoms with Crippen LogP contribution in [0.25, 0.3) is 0 Å². The molecule has 0 amide bonds. The van der Waals surface area contributed by atoms with E-state index in [2.05, 4.69) is 11.4 Å². The van der Waals surface area contributed by atoms with Crippen LogP contribution < -0.4 is 5.32 Å². The molecule has 87 valence electrons. The molecular weight excluding hydrogens is 215 g/mol. The Labute approximate surface area is 92.7 Å². The van der Waals surface area contributed by atoms with Crippen LogP contribution in [0, 0.1) is 6.07 Å². The summed E-state index contributed by atoms with van der Waals surface area (Å²) in [5.74, 6) is 0.247. The van der Waals surface area contributed by atoms with Gasteiger partial charge in [-0.3, -0.25) is 0 Å². The Morgan fingerprint density at radius 3 is 2.56 bits per heavy atom.